The Bertz CT molecular complexity index is 825. The molecule has 3 aromatic rings. The van der Waals surface area contributed by atoms with Gasteiger partial charge in [0.1, 0.15) is 0 Å². The summed E-state index contributed by atoms with van der Waals surface area (Å²) in [6, 6.07) is 14.5. The number of anilines is 2. The summed E-state index contributed by atoms with van der Waals surface area (Å²) in [5, 5.41) is 6.65. The highest BCUT2D eigenvalue weighted by atomic mass is 16.2. The fraction of sp³-hybridized carbons (Fsp3) is 0. The SMILES string of the molecule is C#Cc1ccc(NC(=O)Nc2ccc3cc[nH]c3c2)cc1. The number of aromatic amines is 1. The zero-order valence-electron chi connectivity index (χ0n) is 11.2. The minimum absolute atomic E-state index is 0.297. The Morgan fingerprint density at radius 1 is 1.00 bits per heavy atom. The summed E-state index contributed by atoms with van der Waals surface area (Å²) < 4.78 is 0. The largest absolute Gasteiger partial charge is 0.361 e. The van der Waals surface area contributed by atoms with E-state index in [0.717, 1.165) is 22.2 Å². The number of hydrogen-bond donors (Lipinski definition) is 3. The fourth-order valence-corrected chi connectivity index (χ4v) is 2.07. The van der Waals surface area contributed by atoms with Gasteiger partial charge in [-0.1, -0.05) is 12.0 Å². The number of benzene rings is 2. The Hall–Kier alpha value is -3.19. The molecule has 21 heavy (non-hydrogen) atoms. The Labute approximate surface area is 122 Å². The second kappa shape index (κ2) is 5.43. The van der Waals surface area contributed by atoms with Crippen LogP contribution in [0.1, 0.15) is 5.56 Å². The van der Waals surface area contributed by atoms with Crippen molar-refractivity contribution in [1.82, 2.24) is 4.98 Å². The van der Waals surface area contributed by atoms with Crippen LogP contribution in [-0.4, -0.2) is 11.0 Å². The van der Waals surface area contributed by atoms with Gasteiger partial charge >= 0.3 is 6.03 Å². The van der Waals surface area contributed by atoms with Crippen molar-refractivity contribution in [3.05, 3.63) is 60.3 Å². The molecule has 0 aliphatic carbocycles. The number of amides is 2. The Kier molecular flexibility index (Phi) is 3.32. The zero-order chi connectivity index (χ0) is 14.7. The molecule has 3 rings (SSSR count). The number of carbonyl (C=O) groups excluding carboxylic acids is 1. The summed E-state index contributed by atoms with van der Waals surface area (Å²) in [5.74, 6) is 2.53. The molecule has 2 amide bonds. The van der Waals surface area contributed by atoms with Crippen molar-refractivity contribution in [1.29, 1.82) is 0 Å². The molecule has 0 bridgehead atoms. The monoisotopic (exact) mass is 275 g/mol. The first-order valence-corrected chi connectivity index (χ1v) is 6.46. The summed E-state index contributed by atoms with van der Waals surface area (Å²) in [5.41, 5.74) is 3.17. The third-order valence-electron chi connectivity index (χ3n) is 3.12. The van der Waals surface area contributed by atoms with Gasteiger partial charge in [-0.05, 0) is 47.9 Å². The zero-order valence-corrected chi connectivity index (χ0v) is 11.2. The number of carbonyl (C=O) groups is 1. The van der Waals surface area contributed by atoms with Gasteiger partial charge in [-0.15, -0.1) is 6.42 Å². The summed E-state index contributed by atoms with van der Waals surface area (Å²) in [7, 11) is 0. The number of hydrogen-bond acceptors (Lipinski definition) is 1. The summed E-state index contributed by atoms with van der Waals surface area (Å²) in [6.45, 7) is 0. The van der Waals surface area contributed by atoms with E-state index >= 15 is 0 Å². The second-order valence-electron chi connectivity index (χ2n) is 4.58. The average molecular weight is 275 g/mol. The van der Waals surface area contributed by atoms with Crippen LogP contribution < -0.4 is 10.6 Å². The predicted molar refractivity (Wildman–Crippen MR) is 85.3 cm³/mol. The van der Waals surface area contributed by atoms with Gasteiger partial charge < -0.3 is 15.6 Å². The lowest BCUT2D eigenvalue weighted by atomic mass is 10.2. The number of nitrogens with one attached hydrogen (secondary N) is 3. The standard InChI is InChI=1S/C17H13N3O/c1-2-12-3-6-14(7-4-12)19-17(21)20-15-8-5-13-9-10-18-16(13)11-15/h1,3-11,18H,(H2,19,20,21). The lowest BCUT2D eigenvalue weighted by molar-refractivity contribution is 0.262. The molecular formula is C17H13N3O. The maximum atomic E-state index is 11.9. The highest BCUT2D eigenvalue weighted by Gasteiger charge is 2.03. The molecule has 2 aromatic carbocycles. The van der Waals surface area contributed by atoms with Crippen LogP contribution in [0.5, 0.6) is 0 Å². The molecule has 1 aromatic heterocycles. The molecule has 0 saturated heterocycles. The normalized spacial score (nSPS) is 10.0. The number of terminal acetylenes is 1. The summed E-state index contributed by atoms with van der Waals surface area (Å²) in [6.07, 6.45) is 7.15. The molecule has 0 aliphatic heterocycles. The van der Waals surface area contributed by atoms with E-state index < -0.39 is 0 Å². The van der Waals surface area contributed by atoms with Crippen LogP contribution in [-0.2, 0) is 0 Å². The van der Waals surface area contributed by atoms with E-state index in [1.807, 2.05) is 30.5 Å². The topological polar surface area (TPSA) is 56.9 Å². The van der Waals surface area contributed by atoms with E-state index in [1.54, 1.807) is 24.3 Å². The molecule has 4 heteroatoms. The first kappa shape index (κ1) is 12.8. The van der Waals surface area contributed by atoms with Crippen molar-refractivity contribution < 1.29 is 4.79 Å². The van der Waals surface area contributed by atoms with Crippen LogP contribution in [0.2, 0.25) is 0 Å². The molecule has 0 aliphatic rings. The van der Waals surface area contributed by atoms with Crippen LogP contribution in [0.25, 0.3) is 10.9 Å². The van der Waals surface area contributed by atoms with Gasteiger partial charge in [-0.25, -0.2) is 4.79 Å². The van der Waals surface area contributed by atoms with Crippen LogP contribution in [0.3, 0.4) is 0 Å². The molecular weight excluding hydrogens is 262 g/mol. The second-order valence-corrected chi connectivity index (χ2v) is 4.58. The van der Waals surface area contributed by atoms with Gasteiger partial charge in [-0.3, -0.25) is 0 Å². The van der Waals surface area contributed by atoms with Gasteiger partial charge in [-0.2, -0.15) is 0 Å². The molecule has 4 nitrogen and oxygen atoms in total. The molecule has 0 atom stereocenters. The molecule has 0 saturated carbocycles. The van der Waals surface area contributed by atoms with E-state index in [0.29, 0.717) is 5.69 Å². The molecule has 0 spiro atoms. The van der Waals surface area contributed by atoms with Crippen LogP contribution in [0, 0.1) is 12.3 Å². The molecule has 0 fully saturated rings. The van der Waals surface area contributed by atoms with E-state index in [9.17, 15) is 4.79 Å². The third-order valence-corrected chi connectivity index (χ3v) is 3.12. The van der Waals surface area contributed by atoms with Gasteiger partial charge in [0, 0.05) is 28.7 Å². The summed E-state index contributed by atoms with van der Waals surface area (Å²) >= 11 is 0. The molecule has 3 N–H and O–H groups in total. The first-order chi connectivity index (χ1) is 10.2. The minimum atomic E-state index is -0.297. The first-order valence-electron chi connectivity index (χ1n) is 6.46. The Balaban J connectivity index is 1.69. The average Bonchev–Trinajstić information content (AvgIpc) is 2.95. The smallest absolute Gasteiger partial charge is 0.323 e. The van der Waals surface area contributed by atoms with Gasteiger partial charge in [0.2, 0.25) is 0 Å². The number of urea groups is 1. The van der Waals surface area contributed by atoms with Crippen LogP contribution in [0.4, 0.5) is 16.2 Å². The number of fused-ring (bicyclic) bond motifs is 1. The molecule has 0 radical (unpaired) electrons. The van der Waals surface area contributed by atoms with E-state index in [-0.39, 0.29) is 6.03 Å². The van der Waals surface area contributed by atoms with Crippen molar-refractivity contribution in [3.63, 3.8) is 0 Å². The third kappa shape index (κ3) is 2.88. The number of aromatic nitrogens is 1. The van der Waals surface area contributed by atoms with Crippen LogP contribution >= 0.6 is 0 Å². The maximum absolute atomic E-state index is 11.9. The molecule has 102 valence electrons. The molecule has 1 heterocycles. The fourth-order valence-electron chi connectivity index (χ4n) is 2.07. The van der Waals surface area contributed by atoms with Crippen molar-refractivity contribution in [2.24, 2.45) is 0 Å². The van der Waals surface area contributed by atoms with Crippen molar-refractivity contribution in [3.8, 4) is 12.3 Å². The van der Waals surface area contributed by atoms with Crippen molar-refractivity contribution in [2.45, 2.75) is 0 Å². The quantitative estimate of drug-likeness (QED) is 0.612. The number of rotatable bonds is 2. The predicted octanol–water partition coefficient (Wildman–Crippen LogP) is 3.79. The highest BCUT2D eigenvalue weighted by molar-refractivity contribution is 6.00. The van der Waals surface area contributed by atoms with E-state index in [1.165, 1.54) is 0 Å². The summed E-state index contributed by atoms with van der Waals surface area (Å²) in [4.78, 5) is 15.0. The lowest BCUT2D eigenvalue weighted by Crippen LogP contribution is -2.19. The van der Waals surface area contributed by atoms with Gasteiger partial charge in [0.15, 0.2) is 0 Å². The van der Waals surface area contributed by atoms with Crippen LogP contribution in [0.15, 0.2) is 54.7 Å². The Morgan fingerprint density at radius 2 is 1.71 bits per heavy atom. The molecule has 0 unspecified atom stereocenters. The van der Waals surface area contributed by atoms with Gasteiger partial charge in [0.05, 0.1) is 0 Å². The maximum Gasteiger partial charge on any atom is 0.323 e. The lowest BCUT2D eigenvalue weighted by Gasteiger charge is -2.08. The van der Waals surface area contributed by atoms with Crippen molar-refractivity contribution >= 4 is 28.3 Å². The van der Waals surface area contributed by atoms with E-state index in [2.05, 4.69) is 21.5 Å². The van der Waals surface area contributed by atoms with E-state index in [4.69, 9.17) is 6.42 Å². The number of H-pyrrole nitrogens is 1. The minimum Gasteiger partial charge on any atom is -0.361 e. The highest BCUT2D eigenvalue weighted by Crippen LogP contribution is 2.18. The Morgan fingerprint density at radius 3 is 2.48 bits per heavy atom. The van der Waals surface area contributed by atoms with Crippen molar-refractivity contribution in [2.75, 3.05) is 10.6 Å². The van der Waals surface area contributed by atoms with Gasteiger partial charge in [0.25, 0.3) is 0 Å².